The van der Waals surface area contributed by atoms with E-state index in [0.29, 0.717) is 6.54 Å². The molecule has 0 unspecified atom stereocenters. The summed E-state index contributed by atoms with van der Waals surface area (Å²) in [6, 6.07) is 18.2. The van der Waals surface area contributed by atoms with Crippen LogP contribution in [0.25, 0.3) is 11.1 Å². The lowest BCUT2D eigenvalue weighted by Crippen LogP contribution is -2.05. The van der Waals surface area contributed by atoms with Crippen molar-refractivity contribution in [3.05, 3.63) is 72.2 Å². The molecular weight excluding hydrogens is 272 g/mol. The topological polar surface area (TPSA) is 50.7 Å². The average Bonchev–Trinajstić information content (AvgIpc) is 2.61. The van der Waals surface area contributed by atoms with Gasteiger partial charge in [0.15, 0.2) is 0 Å². The Bertz CT molecular complexity index is 727. The highest BCUT2D eigenvalue weighted by atomic mass is 15.2. The Morgan fingerprint density at radius 1 is 0.955 bits per heavy atom. The molecule has 3 aromatic rings. The van der Waals surface area contributed by atoms with Crippen LogP contribution in [0.4, 0.5) is 5.82 Å². The van der Waals surface area contributed by atoms with E-state index >= 15 is 0 Å². The van der Waals surface area contributed by atoms with Crippen molar-refractivity contribution in [3.63, 3.8) is 0 Å². The van der Waals surface area contributed by atoms with Crippen LogP contribution in [0, 0.1) is 0 Å². The number of pyridine rings is 1. The molecule has 0 bridgehead atoms. The molecule has 0 fully saturated rings. The van der Waals surface area contributed by atoms with Crippen molar-refractivity contribution < 1.29 is 0 Å². The van der Waals surface area contributed by atoms with Crippen LogP contribution >= 0.6 is 0 Å². The molecule has 0 saturated heterocycles. The first-order valence-corrected chi connectivity index (χ1v) is 7.42. The SMILES string of the molecule is CCc1nnc(NCc2ccccn2)cc1-c1ccccc1. The van der Waals surface area contributed by atoms with E-state index in [4.69, 9.17) is 0 Å². The second kappa shape index (κ2) is 6.80. The van der Waals surface area contributed by atoms with Crippen LogP contribution in [-0.4, -0.2) is 15.2 Å². The lowest BCUT2D eigenvalue weighted by atomic mass is 10.0. The lowest BCUT2D eigenvalue weighted by Gasteiger charge is -2.10. The van der Waals surface area contributed by atoms with E-state index in [2.05, 4.69) is 45.6 Å². The fraction of sp³-hybridized carbons (Fsp3) is 0.167. The minimum Gasteiger partial charge on any atom is -0.363 e. The van der Waals surface area contributed by atoms with Gasteiger partial charge in [0, 0.05) is 11.8 Å². The van der Waals surface area contributed by atoms with Crippen molar-refractivity contribution in [2.24, 2.45) is 0 Å². The highest BCUT2D eigenvalue weighted by Crippen LogP contribution is 2.24. The first-order chi connectivity index (χ1) is 10.9. The first kappa shape index (κ1) is 14.2. The highest BCUT2D eigenvalue weighted by molar-refractivity contribution is 5.68. The van der Waals surface area contributed by atoms with E-state index < -0.39 is 0 Å². The van der Waals surface area contributed by atoms with Gasteiger partial charge in [0.1, 0.15) is 5.82 Å². The predicted octanol–water partition coefficient (Wildman–Crippen LogP) is 3.71. The van der Waals surface area contributed by atoms with Gasteiger partial charge in [0.2, 0.25) is 0 Å². The maximum Gasteiger partial charge on any atom is 0.149 e. The number of hydrogen-bond acceptors (Lipinski definition) is 4. The van der Waals surface area contributed by atoms with Crippen LogP contribution < -0.4 is 5.32 Å². The second-order valence-corrected chi connectivity index (χ2v) is 4.98. The number of nitrogens with one attached hydrogen (secondary N) is 1. The Hall–Kier alpha value is -2.75. The largest absolute Gasteiger partial charge is 0.363 e. The minimum atomic E-state index is 0.634. The Morgan fingerprint density at radius 3 is 2.50 bits per heavy atom. The zero-order valence-electron chi connectivity index (χ0n) is 12.5. The van der Waals surface area contributed by atoms with Crippen LogP contribution in [0.5, 0.6) is 0 Å². The number of benzene rings is 1. The number of nitrogens with zero attached hydrogens (tertiary/aromatic N) is 3. The Balaban J connectivity index is 1.84. The predicted molar refractivity (Wildman–Crippen MR) is 88.4 cm³/mol. The Labute approximate surface area is 130 Å². The third-order valence-corrected chi connectivity index (χ3v) is 3.47. The van der Waals surface area contributed by atoms with Gasteiger partial charge in [0.05, 0.1) is 17.9 Å². The van der Waals surface area contributed by atoms with Gasteiger partial charge in [0.25, 0.3) is 0 Å². The summed E-state index contributed by atoms with van der Waals surface area (Å²) in [4.78, 5) is 4.30. The Kier molecular flexibility index (Phi) is 4.39. The molecular formula is C18H18N4. The van der Waals surface area contributed by atoms with Gasteiger partial charge in [-0.3, -0.25) is 4.98 Å². The normalized spacial score (nSPS) is 10.4. The number of aromatic nitrogens is 3. The van der Waals surface area contributed by atoms with Gasteiger partial charge in [-0.1, -0.05) is 43.3 Å². The molecule has 110 valence electrons. The van der Waals surface area contributed by atoms with Crippen LogP contribution in [0.3, 0.4) is 0 Å². The summed E-state index contributed by atoms with van der Waals surface area (Å²) in [6.07, 6.45) is 2.65. The molecule has 2 heterocycles. The lowest BCUT2D eigenvalue weighted by molar-refractivity contribution is 0.911. The third-order valence-electron chi connectivity index (χ3n) is 3.47. The quantitative estimate of drug-likeness (QED) is 0.778. The molecule has 1 N–H and O–H groups in total. The molecule has 1 aromatic carbocycles. The summed E-state index contributed by atoms with van der Waals surface area (Å²) in [5.41, 5.74) is 4.27. The molecule has 0 aliphatic heterocycles. The summed E-state index contributed by atoms with van der Waals surface area (Å²) in [5, 5.41) is 11.9. The van der Waals surface area contributed by atoms with E-state index in [1.807, 2.05) is 36.4 Å². The van der Waals surface area contributed by atoms with Gasteiger partial charge >= 0.3 is 0 Å². The van der Waals surface area contributed by atoms with Gasteiger partial charge in [-0.05, 0) is 30.2 Å². The summed E-state index contributed by atoms with van der Waals surface area (Å²) < 4.78 is 0. The third kappa shape index (κ3) is 3.28. The molecule has 0 amide bonds. The van der Waals surface area contributed by atoms with E-state index in [9.17, 15) is 0 Å². The van der Waals surface area contributed by atoms with Crippen LogP contribution in [-0.2, 0) is 13.0 Å². The summed E-state index contributed by atoms with van der Waals surface area (Å²) in [6.45, 7) is 2.73. The fourth-order valence-electron chi connectivity index (χ4n) is 2.32. The van der Waals surface area contributed by atoms with Gasteiger partial charge in [-0.2, -0.15) is 5.10 Å². The maximum absolute atomic E-state index is 4.35. The summed E-state index contributed by atoms with van der Waals surface area (Å²) >= 11 is 0. The Morgan fingerprint density at radius 2 is 1.77 bits per heavy atom. The van der Waals surface area contributed by atoms with Crippen molar-refractivity contribution in [2.45, 2.75) is 19.9 Å². The molecule has 0 aliphatic rings. The van der Waals surface area contributed by atoms with Gasteiger partial charge in [-0.25, -0.2) is 0 Å². The minimum absolute atomic E-state index is 0.634. The number of rotatable bonds is 5. The number of anilines is 1. The summed E-state index contributed by atoms with van der Waals surface area (Å²) in [7, 11) is 0. The molecule has 0 spiro atoms. The smallest absolute Gasteiger partial charge is 0.149 e. The zero-order chi connectivity index (χ0) is 15.2. The molecule has 4 nitrogen and oxygen atoms in total. The van der Waals surface area contributed by atoms with E-state index in [0.717, 1.165) is 34.8 Å². The van der Waals surface area contributed by atoms with Crippen molar-refractivity contribution in [1.29, 1.82) is 0 Å². The maximum atomic E-state index is 4.35. The van der Waals surface area contributed by atoms with Crippen LogP contribution in [0.15, 0.2) is 60.8 Å². The molecule has 2 aromatic heterocycles. The zero-order valence-corrected chi connectivity index (χ0v) is 12.5. The monoisotopic (exact) mass is 290 g/mol. The van der Waals surface area contributed by atoms with Crippen molar-refractivity contribution >= 4 is 5.82 Å². The molecule has 3 rings (SSSR count). The molecule has 0 radical (unpaired) electrons. The van der Waals surface area contributed by atoms with Gasteiger partial charge < -0.3 is 5.32 Å². The molecule has 0 saturated carbocycles. The fourth-order valence-corrected chi connectivity index (χ4v) is 2.32. The first-order valence-electron chi connectivity index (χ1n) is 7.42. The second-order valence-electron chi connectivity index (χ2n) is 4.98. The molecule has 4 heteroatoms. The van der Waals surface area contributed by atoms with Crippen molar-refractivity contribution in [1.82, 2.24) is 15.2 Å². The number of aryl methyl sites for hydroxylation is 1. The van der Waals surface area contributed by atoms with Crippen molar-refractivity contribution in [2.75, 3.05) is 5.32 Å². The van der Waals surface area contributed by atoms with Crippen LogP contribution in [0.1, 0.15) is 18.3 Å². The average molecular weight is 290 g/mol. The molecule has 0 aliphatic carbocycles. The standard InChI is InChI=1S/C18H18N4/c1-2-17-16(14-8-4-3-5-9-14)12-18(22-21-17)20-13-15-10-6-7-11-19-15/h3-12H,2,13H2,1H3,(H,20,22). The molecule has 0 atom stereocenters. The van der Waals surface area contributed by atoms with E-state index in [1.54, 1.807) is 6.20 Å². The van der Waals surface area contributed by atoms with E-state index in [1.165, 1.54) is 0 Å². The van der Waals surface area contributed by atoms with Gasteiger partial charge in [-0.15, -0.1) is 5.10 Å². The number of hydrogen-bond donors (Lipinski definition) is 1. The van der Waals surface area contributed by atoms with Crippen LogP contribution in [0.2, 0.25) is 0 Å². The summed E-state index contributed by atoms with van der Waals surface area (Å²) in [5.74, 6) is 0.765. The van der Waals surface area contributed by atoms with Crippen molar-refractivity contribution in [3.8, 4) is 11.1 Å². The highest BCUT2D eigenvalue weighted by Gasteiger charge is 2.08. The van der Waals surface area contributed by atoms with E-state index in [-0.39, 0.29) is 0 Å². The molecule has 22 heavy (non-hydrogen) atoms.